The second-order valence-corrected chi connectivity index (χ2v) is 0. The maximum atomic E-state index is 0. The molecule has 6 valence electrons. The minimum atomic E-state index is 0. The third kappa shape index (κ3) is 9.22. The van der Waals surface area contributed by atoms with Crippen molar-refractivity contribution in [1.29, 1.82) is 0 Å². The molecule has 4 heteroatoms. The molecule has 0 aromatic carbocycles. The van der Waals surface area contributed by atoms with E-state index in [9.17, 15) is 0 Å². The van der Waals surface area contributed by atoms with E-state index >= 15 is 0 Å². The van der Waals surface area contributed by atoms with Crippen LogP contribution in [0.4, 0.5) is 0 Å². The maximum absolute atomic E-state index is 0. The van der Waals surface area contributed by atoms with Crippen LogP contribution in [0.5, 0.6) is 0 Å². The molecule has 0 rings (SSSR count). The van der Waals surface area contributed by atoms with Gasteiger partial charge in [-0.2, -0.15) is 0 Å². The molecule has 4 heavy (non-hydrogen) atoms. The van der Waals surface area contributed by atoms with E-state index in [0.717, 1.165) is 0 Å². The third-order valence-corrected chi connectivity index (χ3v) is 0. The summed E-state index contributed by atoms with van der Waals surface area (Å²) >= 11 is 0. The van der Waals surface area contributed by atoms with Gasteiger partial charge in [-0.3, -0.25) is 0 Å². The largest absolute Gasteiger partial charge is 1.00 e. The average molecular weight is 802 g/mol. The van der Waals surface area contributed by atoms with Gasteiger partial charge in [-0.1, -0.05) is 0 Å². The molecule has 0 aliphatic rings. The molecule has 0 aromatic heterocycles. The van der Waals surface area contributed by atoms with Crippen LogP contribution >= 0.6 is 0 Å². The molecule has 0 saturated heterocycles. The molecule has 0 atom stereocenters. The van der Waals surface area contributed by atoms with E-state index in [0.29, 0.717) is 0 Å². The topological polar surface area (TPSA) is 0 Å². The molecule has 0 fully saturated rings. The van der Waals surface area contributed by atoms with Gasteiger partial charge in [0.1, 0.15) is 0 Å². The maximum Gasteiger partial charge on any atom is 1.00 e. The average Bonchev–Trinajstić information content (AvgIpc) is 0. The van der Waals surface area contributed by atoms with Gasteiger partial charge >= 0.3 is 55.3 Å². The summed E-state index contributed by atoms with van der Waals surface area (Å²) in [4.78, 5) is 0. The molecule has 0 aliphatic carbocycles. The second-order valence-electron chi connectivity index (χ2n) is 0. The van der Waals surface area contributed by atoms with E-state index in [2.05, 4.69) is 0 Å². The monoisotopic (exact) mass is 808 g/mol. The molecule has 0 spiro atoms. The smallest absolute Gasteiger partial charge is 0 e. The van der Waals surface area contributed by atoms with E-state index in [1.165, 1.54) is 0 Å². The number of hydrogen-bond acceptors (Lipinski definition) is 0. The Labute approximate surface area is 108 Å². The predicted octanol–water partition coefficient (Wildman–Crippen LogP) is -0.0100. The molecule has 0 heterocycles. The van der Waals surface area contributed by atoms with Crippen molar-refractivity contribution in [3.63, 3.8) is 0 Å². The zero-order valence-corrected chi connectivity index (χ0v) is 24.8. The van der Waals surface area contributed by atoms with Crippen molar-refractivity contribution in [1.82, 2.24) is 0 Å². The molecule has 0 aliphatic heterocycles. The van der Waals surface area contributed by atoms with E-state index in [1.807, 2.05) is 0 Å². The number of rotatable bonds is 0. The van der Waals surface area contributed by atoms with Crippen molar-refractivity contribution in [3.05, 3.63) is 0 Å². The van der Waals surface area contributed by atoms with Crippen molar-refractivity contribution in [2.45, 2.75) is 0 Å². The zero-order valence-electron chi connectivity index (χ0n) is 2.83. The van der Waals surface area contributed by atoms with Crippen molar-refractivity contribution >= 4 is 0 Å². The van der Waals surface area contributed by atoms with Crippen LogP contribution in [0.2, 0.25) is 0 Å². The zero-order chi connectivity index (χ0) is 0. The Bertz CT molecular complexity index is 0. The van der Waals surface area contributed by atoms with Gasteiger partial charge in [0.25, 0.3) is 0 Å². The van der Waals surface area contributed by atoms with E-state index in [4.69, 9.17) is 0 Å². The predicted molar refractivity (Wildman–Crippen MR) is 0 cm³/mol. The van der Waals surface area contributed by atoms with Gasteiger partial charge in [0.15, 0.2) is 0 Å². The van der Waals surface area contributed by atoms with Gasteiger partial charge in [0.05, 0.1) is 0 Å². The van der Waals surface area contributed by atoms with Crippen LogP contribution in [0.3, 0.4) is 0 Å². The fraction of sp³-hybridized carbons (Fsp3) is 0. The first-order valence-corrected chi connectivity index (χ1v) is 0. The summed E-state index contributed by atoms with van der Waals surface area (Å²) in [6.45, 7) is 0. The fourth-order valence-electron chi connectivity index (χ4n) is 0. The summed E-state index contributed by atoms with van der Waals surface area (Å²) in [7, 11) is 0. The Hall–Kier alpha value is 3.74. The van der Waals surface area contributed by atoms with E-state index < -0.39 is 0 Å². The van der Waals surface area contributed by atoms with Crippen molar-refractivity contribution < 1.29 is 111 Å². The van der Waals surface area contributed by atoms with Crippen LogP contribution in [0, 0.1) is 0 Å². The molecule has 2 radical (unpaired) electrons. The Balaban J connectivity index is 0. The van der Waals surface area contributed by atoms with Crippen LogP contribution in [0.25, 0.3) is 0 Å². The van der Waals surface area contributed by atoms with Crippen molar-refractivity contribution in [2.75, 3.05) is 0 Å². The first kappa shape index (κ1) is 25.1. The molecular formula is Hg4+2. The molecule has 0 N–H and O–H groups in total. The summed E-state index contributed by atoms with van der Waals surface area (Å²) in [5.41, 5.74) is 0. The van der Waals surface area contributed by atoms with Crippen LogP contribution in [0.1, 0.15) is 0 Å². The Kier molecular flexibility index (Phi) is 99.8. The summed E-state index contributed by atoms with van der Waals surface area (Å²) in [6.07, 6.45) is 0. The van der Waals surface area contributed by atoms with Crippen molar-refractivity contribution in [3.8, 4) is 0 Å². The molecule has 0 unspecified atom stereocenters. The quantitative estimate of drug-likeness (QED) is 0.303. The molecule has 0 saturated carbocycles. The normalized spacial score (nSPS) is 0. The van der Waals surface area contributed by atoms with Crippen LogP contribution < -0.4 is 0 Å². The molecular weight excluding hydrogens is 802 g/mol. The summed E-state index contributed by atoms with van der Waals surface area (Å²) in [5, 5.41) is 0. The SMILES string of the molecule is [Hg+].[Hg+].[Hg].[Hg]. The second kappa shape index (κ2) is 15.9. The van der Waals surface area contributed by atoms with Crippen LogP contribution in [0.15, 0.2) is 0 Å². The third-order valence-electron chi connectivity index (χ3n) is 0. The Morgan fingerprint density at radius 2 is 0.500 bits per heavy atom. The number of hydrogen-bond donors (Lipinski definition) is 0. The van der Waals surface area contributed by atoms with Crippen LogP contribution in [-0.4, -0.2) is 0 Å². The van der Waals surface area contributed by atoms with Gasteiger partial charge in [-0.05, 0) is 0 Å². The van der Waals surface area contributed by atoms with E-state index in [-0.39, 0.29) is 111 Å². The van der Waals surface area contributed by atoms with Crippen molar-refractivity contribution in [2.24, 2.45) is 0 Å². The fourth-order valence-corrected chi connectivity index (χ4v) is 0. The Morgan fingerprint density at radius 3 is 0.500 bits per heavy atom. The van der Waals surface area contributed by atoms with Gasteiger partial charge in [0, 0.05) is 55.3 Å². The first-order valence-electron chi connectivity index (χ1n) is 0. The van der Waals surface area contributed by atoms with E-state index in [1.54, 1.807) is 0 Å². The van der Waals surface area contributed by atoms with Gasteiger partial charge in [-0.15, -0.1) is 0 Å². The molecule has 0 amide bonds. The van der Waals surface area contributed by atoms with Gasteiger partial charge < -0.3 is 0 Å². The molecule has 0 aromatic rings. The van der Waals surface area contributed by atoms with Gasteiger partial charge in [-0.25, -0.2) is 0 Å². The summed E-state index contributed by atoms with van der Waals surface area (Å²) < 4.78 is 0. The minimum Gasteiger partial charge on any atom is 0 e. The Morgan fingerprint density at radius 1 is 0.500 bits per heavy atom. The molecule has 0 nitrogen and oxygen atoms in total. The summed E-state index contributed by atoms with van der Waals surface area (Å²) in [6, 6.07) is 0. The molecule has 0 bridgehead atoms. The minimum absolute atomic E-state index is 0. The van der Waals surface area contributed by atoms with Gasteiger partial charge in [0.2, 0.25) is 0 Å². The first-order chi connectivity index (χ1) is 0. The van der Waals surface area contributed by atoms with Crippen LogP contribution in [-0.2, 0) is 111 Å². The summed E-state index contributed by atoms with van der Waals surface area (Å²) in [5.74, 6) is 0. The standard InChI is InChI=1S/4Hg/q;;2*+1.